The number of rotatable bonds is 4. The highest BCUT2D eigenvalue weighted by Crippen LogP contribution is 2.22. The van der Waals surface area contributed by atoms with E-state index in [4.69, 9.17) is 0 Å². The van der Waals surface area contributed by atoms with Gasteiger partial charge in [0.1, 0.15) is 0 Å². The van der Waals surface area contributed by atoms with Crippen molar-refractivity contribution in [2.45, 2.75) is 52.4 Å². The van der Waals surface area contributed by atoms with Crippen molar-refractivity contribution in [1.82, 2.24) is 10.2 Å². The Morgan fingerprint density at radius 3 is 2.62 bits per heavy atom. The second-order valence-electron chi connectivity index (χ2n) is 6.91. The highest BCUT2D eigenvalue weighted by molar-refractivity contribution is 7.91. The molecule has 0 aromatic carbocycles. The first-order valence-corrected chi connectivity index (χ1v) is 10.1. The molecular formula is C15H26N2O2S2. The average molecular weight is 331 g/mol. The van der Waals surface area contributed by atoms with Gasteiger partial charge >= 0.3 is 0 Å². The summed E-state index contributed by atoms with van der Waals surface area (Å²) in [6, 6.07) is 4.45. The lowest BCUT2D eigenvalue weighted by Crippen LogP contribution is -2.46. The maximum Gasteiger partial charge on any atom is 0.153 e. The zero-order chi connectivity index (χ0) is 15.7. The van der Waals surface area contributed by atoms with E-state index in [-0.39, 0.29) is 17.3 Å². The Morgan fingerprint density at radius 1 is 1.33 bits per heavy atom. The molecule has 4 nitrogen and oxygen atoms in total. The van der Waals surface area contributed by atoms with Gasteiger partial charge < -0.3 is 5.32 Å². The third kappa shape index (κ3) is 5.36. The van der Waals surface area contributed by atoms with E-state index in [2.05, 4.69) is 43.1 Å². The number of thiophene rings is 1. The van der Waals surface area contributed by atoms with Crippen LogP contribution in [-0.2, 0) is 22.9 Å². The topological polar surface area (TPSA) is 49.4 Å². The maximum absolute atomic E-state index is 11.6. The van der Waals surface area contributed by atoms with Crippen LogP contribution in [0, 0.1) is 0 Å². The predicted octanol–water partition coefficient (Wildman–Crippen LogP) is 2.26. The zero-order valence-corrected chi connectivity index (χ0v) is 15.0. The fourth-order valence-corrected chi connectivity index (χ4v) is 5.03. The summed E-state index contributed by atoms with van der Waals surface area (Å²) in [5, 5.41) is 3.49. The minimum Gasteiger partial charge on any atom is -0.307 e. The van der Waals surface area contributed by atoms with Gasteiger partial charge in [-0.1, -0.05) is 0 Å². The summed E-state index contributed by atoms with van der Waals surface area (Å²) in [5.41, 5.74) is 0.125. The number of hydrogen-bond donors (Lipinski definition) is 1. The van der Waals surface area contributed by atoms with E-state index in [1.807, 2.05) is 18.3 Å². The van der Waals surface area contributed by atoms with Crippen LogP contribution in [0.2, 0.25) is 0 Å². The monoisotopic (exact) mass is 330 g/mol. The molecule has 2 heterocycles. The van der Waals surface area contributed by atoms with E-state index in [1.54, 1.807) is 0 Å². The molecule has 120 valence electrons. The van der Waals surface area contributed by atoms with Crippen LogP contribution < -0.4 is 5.32 Å². The maximum atomic E-state index is 11.6. The van der Waals surface area contributed by atoms with Crippen LogP contribution in [0.5, 0.6) is 0 Å². The first kappa shape index (κ1) is 16.9. The summed E-state index contributed by atoms with van der Waals surface area (Å²) in [5.74, 6) is 0.581. The zero-order valence-electron chi connectivity index (χ0n) is 13.3. The van der Waals surface area contributed by atoms with Crippen LogP contribution >= 0.6 is 11.3 Å². The third-order valence-electron chi connectivity index (χ3n) is 3.68. The average Bonchev–Trinajstić information content (AvgIpc) is 2.77. The SMILES string of the molecule is CC1CS(=O)(=O)CCN1Cc1ccc(CNC(C)(C)C)s1. The molecule has 1 aliphatic heterocycles. The lowest BCUT2D eigenvalue weighted by atomic mass is 10.1. The highest BCUT2D eigenvalue weighted by Gasteiger charge is 2.28. The Labute approximate surface area is 132 Å². The summed E-state index contributed by atoms with van der Waals surface area (Å²) >= 11 is 1.82. The van der Waals surface area contributed by atoms with Crippen LogP contribution in [-0.4, -0.2) is 42.9 Å². The molecule has 1 atom stereocenters. The summed E-state index contributed by atoms with van der Waals surface area (Å²) in [7, 11) is -2.83. The normalized spacial score (nSPS) is 23.3. The molecule has 1 saturated heterocycles. The predicted molar refractivity (Wildman–Crippen MR) is 89.4 cm³/mol. The quantitative estimate of drug-likeness (QED) is 0.920. The molecular weight excluding hydrogens is 304 g/mol. The lowest BCUT2D eigenvalue weighted by Gasteiger charge is -2.32. The first-order valence-electron chi connectivity index (χ1n) is 7.42. The van der Waals surface area contributed by atoms with Crippen molar-refractivity contribution in [3.63, 3.8) is 0 Å². The molecule has 1 fully saturated rings. The van der Waals surface area contributed by atoms with Gasteiger partial charge in [0, 0.05) is 41.0 Å². The minimum atomic E-state index is -2.83. The summed E-state index contributed by atoms with van der Waals surface area (Å²) in [6.45, 7) is 10.9. The number of sulfone groups is 1. The number of nitrogens with zero attached hydrogens (tertiary/aromatic N) is 1. The van der Waals surface area contributed by atoms with Gasteiger partial charge in [-0.25, -0.2) is 8.42 Å². The second kappa shape index (κ2) is 6.36. The van der Waals surface area contributed by atoms with Crippen molar-refractivity contribution in [1.29, 1.82) is 0 Å². The lowest BCUT2D eigenvalue weighted by molar-refractivity contribution is 0.220. The number of nitrogens with one attached hydrogen (secondary N) is 1. The molecule has 0 spiro atoms. The van der Waals surface area contributed by atoms with Crippen molar-refractivity contribution in [3.8, 4) is 0 Å². The fourth-order valence-electron chi connectivity index (χ4n) is 2.42. The van der Waals surface area contributed by atoms with E-state index < -0.39 is 9.84 Å². The molecule has 0 amide bonds. The Balaban J connectivity index is 1.91. The molecule has 1 aliphatic rings. The summed E-state index contributed by atoms with van der Waals surface area (Å²) in [6.07, 6.45) is 0. The van der Waals surface area contributed by atoms with Crippen LogP contribution in [0.3, 0.4) is 0 Å². The molecule has 6 heteroatoms. The molecule has 1 aromatic heterocycles. The van der Waals surface area contributed by atoms with Gasteiger partial charge in [0.05, 0.1) is 11.5 Å². The van der Waals surface area contributed by atoms with E-state index in [0.29, 0.717) is 12.3 Å². The van der Waals surface area contributed by atoms with Crippen LogP contribution in [0.15, 0.2) is 12.1 Å². The molecule has 0 radical (unpaired) electrons. The second-order valence-corrected chi connectivity index (χ2v) is 10.4. The molecule has 1 unspecified atom stereocenters. The van der Waals surface area contributed by atoms with Crippen LogP contribution in [0.25, 0.3) is 0 Å². The standard InChI is InChI=1S/C15H26N2O2S2/c1-12-11-21(18,19)8-7-17(12)10-14-6-5-13(20-14)9-16-15(2,3)4/h5-6,12,16H,7-11H2,1-4H3. The molecule has 0 saturated carbocycles. The van der Waals surface area contributed by atoms with E-state index in [1.165, 1.54) is 9.75 Å². The van der Waals surface area contributed by atoms with E-state index in [0.717, 1.165) is 13.1 Å². The van der Waals surface area contributed by atoms with Crippen molar-refractivity contribution >= 4 is 21.2 Å². The van der Waals surface area contributed by atoms with Crippen molar-refractivity contribution < 1.29 is 8.42 Å². The van der Waals surface area contributed by atoms with Gasteiger partial charge in [-0.05, 0) is 39.8 Å². The van der Waals surface area contributed by atoms with Gasteiger partial charge in [0.2, 0.25) is 0 Å². The summed E-state index contributed by atoms with van der Waals surface area (Å²) < 4.78 is 23.2. The highest BCUT2D eigenvalue weighted by atomic mass is 32.2. The van der Waals surface area contributed by atoms with Gasteiger partial charge in [-0.15, -0.1) is 11.3 Å². The third-order valence-corrected chi connectivity index (χ3v) is 6.54. The van der Waals surface area contributed by atoms with Crippen molar-refractivity contribution in [2.24, 2.45) is 0 Å². The van der Waals surface area contributed by atoms with Crippen LogP contribution in [0.1, 0.15) is 37.4 Å². The van der Waals surface area contributed by atoms with Gasteiger partial charge in [-0.3, -0.25) is 4.90 Å². The Hall–Kier alpha value is -0.430. The Morgan fingerprint density at radius 2 is 2.00 bits per heavy atom. The first-order chi connectivity index (χ1) is 9.65. The molecule has 2 rings (SSSR count). The molecule has 0 bridgehead atoms. The smallest absolute Gasteiger partial charge is 0.153 e. The van der Waals surface area contributed by atoms with Gasteiger partial charge in [0.25, 0.3) is 0 Å². The fraction of sp³-hybridized carbons (Fsp3) is 0.733. The Kier molecular flexibility index (Phi) is 5.13. The minimum absolute atomic E-state index is 0.113. The molecule has 0 aliphatic carbocycles. The van der Waals surface area contributed by atoms with Gasteiger partial charge in [-0.2, -0.15) is 0 Å². The largest absolute Gasteiger partial charge is 0.307 e. The van der Waals surface area contributed by atoms with E-state index >= 15 is 0 Å². The van der Waals surface area contributed by atoms with Gasteiger partial charge in [0.15, 0.2) is 9.84 Å². The molecule has 21 heavy (non-hydrogen) atoms. The van der Waals surface area contributed by atoms with E-state index in [9.17, 15) is 8.42 Å². The summed E-state index contributed by atoms with van der Waals surface area (Å²) in [4.78, 5) is 4.91. The number of hydrogen-bond acceptors (Lipinski definition) is 5. The molecule has 1 aromatic rings. The Bertz CT molecular complexity index is 573. The van der Waals surface area contributed by atoms with Crippen molar-refractivity contribution in [2.75, 3.05) is 18.1 Å². The molecule has 1 N–H and O–H groups in total. The van der Waals surface area contributed by atoms with Crippen LogP contribution in [0.4, 0.5) is 0 Å². The van der Waals surface area contributed by atoms with Crippen molar-refractivity contribution in [3.05, 3.63) is 21.9 Å².